The number of hydrogen-bond donors (Lipinski definition) is 0. The van der Waals surface area contributed by atoms with Crippen LogP contribution in [0.2, 0.25) is 0 Å². The van der Waals surface area contributed by atoms with Crippen molar-refractivity contribution in [2.75, 3.05) is 53.3 Å². The summed E-state index contributed by atoms with van der Waals surface area (Å²) in [7, 11) is 4.86. The lowest BCUT2D eigenvalue weighted by Crippen LogP contribution is -2.36. The highest BCUT2D eigenvalue weighted by Gasteiger charge is 2.23. The van der Waals surface area contributed by atoms with E-state index in [-0.39, 0.29) is 23.2 Å². The molecule has 0 saturated carbocycles. The lowest BCUT2D eigenvalue weighted by atomic mass is 10.2. The molecule has 0 aliphatic rings. The summed E-state index contributed by atoms with van der Waals surface area (Å²) in [5.74, 6) is 0.467. The highest BCUT2D eigenvalue weighted by Crippen LogP contribution is 2.32. The fraction of sp³-hybridized carbons (Fsp3) is 0.333. The van der Waals surface area contributed by atoms with E-state index in [9.17, 15) is 13.2 Å². The number of halogens is 1. The van der Waals surface area contributed by atoms with Gasteiger partial charge in [0.1, 0.15) is 5.75 Å². The molecule has 0 spiro atoms. The number of rotatable bonds is 8. The molecule has 0 atom stereocenters. The maximum atomic E-state index is 13.3. The second-order valence-corrected chi connectivity index (χ2v) is 10.6. The number of amides is 1. The summed E-state index contributed by atoms with van der Waals surface area (Å²) in [6, 6.07) is 11.6. The molecule has 11 heteroatoms. The summed E-state index contributed by atoms with van der Waals surface area (Å²) in [5.41, 5.74) is 1.16. The molecule has 174 valence electrons. The van der Waals surface area contributed by atoms with Crippen LogP contribution >= 0.6 is 23.7 Å². The van der Waals surface area contributed by atoms with Crippen LogP contribution in [0.4, 0.5) is 5.13 Å². The second kappa shape index (κ2) is 10.6. The summed E-state index contributed by atoms with van der Waals surface area (Å²) in [4.78, 5) is 21.8. The van der Waals surface area contributed by atoms with Crippen molar-refractivity contribution in [1.29, 1.82) is 0 Å². The fourth-order valence-electron chi connectivity index (χ4n) is 2.86. The number of carbonyl (C=O) groups excluding carboxylic acids is 1. The number of anilines is 1. The normalized spacial score (nSPS) is 11.6. The van der Waals surface area contributed by atoms with Gasteiger partial charge in [-0.3, -0.25) is 9.69 Å². The van der Waals surface area contributed by atoms with E-state index in [1.165, 1.54) is 49.7 Å². The minimum Gasteiger partial charge on any atom is -0.497 e. The Morgan fingerprint density at radius 2 is 1.69 bits per heavy atom. The summed E-state index contributed by atoms with van der Waals surface area (Å²) >= 11 is 1.43. The highest BCUT2D eigenvalue weighted by molar-refractivity contribution is 7.89. The zero-order chi connectivity index (χ0) is 22.8. The van der Waals surface area contributed by atoms with Gasteiger partial charge in [0.15, 0.2) is 5.13 Å². The third kappa shape index (κ3) is 5.57. The van der Waals surface area contributed by atoms with E-state index in [2.05, 4.69) is 4.98 Å². The van der Waals surface area contributed by atoms with Crippen LogP contribution in [0.5, 0.6) is 5.75 Å². The van der Waals surface area contributed by atoms with E-state index in [1.54, 1.807) is 12.0 Å². The molecule has 8 nitrogen and oxygen atoms in total. The molecule has 0 aliphatic carbocycles. The van der Waals surface area contributed by atoms with Gasteiger partial charge in [-0.2, -0.15) is 0 Å². The van der Waals surface area contributed by atoms with Gasteiger partial charge in [0.05, 0.1) is 22.2 Å². The van der Waals surface area contributed by atoms with Gasteiger partial charge >= 0.3 is 0 Å². The third-order valence-corrected chi connectivity index (χ3v) is 7.60. The van der Waals surface area contributed by atoms with E-state index in [4.69, 9.17) is 4.74 Å². The standard InChI is InChI=1S/C21H26N4O4S2.ClH/c1-23(2)12-13-25(21-22-18-14-16(29-5)8-11-19(18)30-21)20(26)15-6-9-17(10-7-15)31(27,28)24(3)4;/h6-11,14H,12-13H2,1-5H3;1H. The molecule has 32 heavy (non-hydrogen) atoms. The van der Waals surface area contributed by atoms with Crippen LogP contribution < -0.4 is 9.64 Å². The number of ether oxygens (including phenoxy) is 1. The van der Waals surface area contributed by atoms with E-state index < -0.39 is 10.0 Å². The largest absolute Gasteiger partial charge is 0.497 e. The lowest BCUT2D eigenvalue weighted by Gasteiger charge is -2.22. The second-order valence-electron chi connectivity index (χ2n) is 7.40. The van der Waals surface area contributed by atoms with Crippen molar-refractivity contribution in [2.45, 2.75) is 4.90 Å². The first-order chi connectivity index (χ1) is 14.6. The Balaban J connectivity index is 0.00000363. The Bertz CT molecular complexity index is 1180. The van der Waals surface area contributed by atoms with Crippen LogP contribution in [0.15, 0.2) is 47.4 Å². The van der Waals surface area contributed by atoms with E-state index in [1.807, 2.05) is 37.2 Å². The number of likely N-dealkylation sites (N-methyl/N-ethyl adjacent to an activating group) is 1. The van der Waals surface area contributed by atoms with Crippen molar-refractivity contribution in [2.24, 2.45) is 0 Å². The molecule has 3 aromatic rings. The Kier molecular flexibility index (Phi) is 8.60. The summed E-state index contributed by atoms with van der Waals surface area (Å²) in [6.45, 7) is 1.10. The first kappa shape index (κ1) is 26.0. The maximum Gasteiger partial charge on any atom is 0.260 e. The van der Waals surface area contributed by atoms with Crippen LogP contribution in [-0.4, -0.2) is 76.9 Å². The molecule has 1 amide bonds. The SMILES string of the molecule is COc1ccc2sc(N(CCN(C)C)C(=O)c3ccc(S(=O)(=O)N(C)C)cc3)nc2c1.Cl. The first-order valence-electron chi connectivity index (χ1n) is 9.57. The summed E-state index contributed by atoms with van der Waals surface area (Å²) in [6.07, 6.45) is 0. The number of carbonyl (C=O) groups is 1. The predicted molar refractivity (Wildman–Crippen MR) is 131 cm³/mol. The van der Waals surface area contributed by atoms with Crippen LogP contribution in [0.1, 0.15) is 10.4 Å². The van der Waals surface area contributed by atoms with Gasteiger partial charge < -0.3 is 9.64 Å². The Morgan fingerprint density at radius 1 is 1.03 bits per heavy atom. The van der Waals surface area contributed by atoms with Crippen molar-refractivity contribution >= 4 is 55.0 Å². The van der Waals surface area contributed by atoms with Gasteiger partial charge in [-0.25, -0.2) is 17.7 Å². The number of sulfonamides is 1. The Morgan fingerprint density at radius 3 is 2.25 bits per heavy atom. The van der Waals surface area contributed by atoms with Crippen molar-refractivity contribution in [3.05, 3.63) is 48.0 Å². The van der Waals surface area contributed by atoms with Gasteiger partial charge in [0, 0.05) is 38.8 Å². The highest BCUT2D eigenvalue weighted by atomic mass is 35.5. The third-order valence-electron chi connectivity index (χ3n) is 4.71. The van der Waals surface area contributed by atoms with Crippen LogP contribution in [0.25, 0.3) is 10.2 Å². The van der Waals surface area contributed by atoms with Gasteiger partial charge in [-0.1, -0.05) is 11.3 Å². The molecule has 0 N–H and O–H groups in total. The van der Waals surface area contributed by atoms with Crippen LogP contribution in [0, 0.1) is 0 Å². The van der Waals surface area contributed by atoms with Gasteiger partial charge in [0.2, 0.25) is 10.0 Å². The molecule has 0 unspecified atom stereocenters. The molecule has 0 fully saturated rings. The van der Waals surface area contributed by atoms with E-state index in [0.29, 0.717) is 29.5 Å². The number of thiazole rings is 1. The average molecular weight is 499 g/mol. The van der Waals surface area contributed by atoms with Crippen molar-refractivity contribution < 1.29 is 17.9 Å². The molecule has 3 rings (SSSR count). The number of nitrogens with zero attached hydrogens (tertiary/aromatic N) is 4. The molecule has 0 radical (unpaired) electrons. The van der Waals surface area contributed by atoms with E-state index in [0.717, 1.165) is 14.5 Å². The van der Waals surface area contributed by atoms with Crippen molar-refractivity contribution in [1.82, 2.24) is 14.2 Å². The molecule has 0 bridgehead atoms. The monoisotopic (exact) mass is 498 g/mol. The lowest BCUT2D eigenvalue weighted by molar-refractivity contribution is 0.0985. The quantitative estimate of drug-likeness (QED) is 0.474. The fourth-order valence-corrected chi connectivity index (χ4v) is 4.73. The summed E-state index contributed by atoms with van der Waals surface area (Å²) in [5, 5.41) is 0.583. The number of aromatic nitrogens is 1. The number of benzene rings is 2. The van der Waals surface area contributed by atoms with E-state index >= 15 is 0 Å². The minimum absolute atomic E-state index is 0. The van der Waals surface area contributed by atoms with Crippen LogP contribution in [-0.2, 0) is 10.0 Å². The minimum atomic E-state index is -3.56. The Labute approximate surface area is 198 Å². The maximum absolute atomic E-state index is 13.3. The molecule has 1 aromatic heterocycles. The molecular formula is C21H27ClN4O4S2. The first-order valence-corrected chi connectivity index (χ1v) is 11.8. The van der Waals surface area contributed by atoms with Crippen molar-refractivity contribution in [3.8, 4) is 5.75 Å². The molecule has 2 aromatic carbocycles. The predicted octanol–water partition coefficient (Wildman–Crippen LogP) is 3.19. The zero-order valence-corrected chi connectivity index (χ0v) is 21.1. The van der Waals surface area contributed by atoms with Crippen molar-refractivity contribution in [3.63, 3.8) is 0 Å². The topological polar surface area (TPSA) is 83.0 Å². The van der Waals surface area contributed by atoms with Gasteiger partial charge in [0.25, 0.3) is 5.91 Å². The summed E-state index contributed by atoms with van der Waals surface area (Å²) < 4.78 is 32.0. The number of hydrogen-bond acceptors (Lipinski definition) is 7. The van der Waals surface area contributed by atoms with Gasteiger partial charge in [-0.05, 0) is 50.5 Å². The molecule has 1 heterocycles. The zero-order valence-electron chi connectivity index (χ0n) is 18.6. The van der Waals surface area contributed by atoms with Crippen LogP contribution in [0.3, 0.4) is 0 Å². The number of fused-ring (bicyclic) bond motifs is 1. The Hall–Kier alpha value is -2.24. The van der Waals surface area contributed by atoms with Gasteiger partial charge in [-0.15, -0.1) is 12.4 Å². The molecule has 0 saturated heterocycles. The smallest absolute Gasteiger partial charge is 0.260 e. The molecular weight excluding hydrogens is 472 g/mol. The molecule has 0 aliphatic heterocycles. The number of methoxy groups -OCH3 is 1. The average Bonchev–Trinajstić information content (AvgIpc) is 3.16.